The van der Waals surface area contributed by atoms with Crippen molar-refractivity contribution in [2.45, 2.75) is 32.9 Å². The lowest BCUT2D eigenvalue weighted by molar-refractivity contribution is -0.138. The van der Waals surface area contributed by atoms with E-state index in [9.17, 15) is 18.0 Å². The number of ether oxygens (including phenoxy) is 1. The van der Waals surface area contributed by atoms with Gasteiger partial charge in [-0.05, 0) is 43.2 Å². The summed E-state index contributed by atoms with van der Waals surface area (Å²) in [5.74, 6) is 0.571. The van der Waals surface area contributed by atoms with Crippen LogP contribution >= 0.6 is 11.8 Å². The fourth-order valence-corrected chi connectivity index (χ4v) is 4.41. The molecule has 6 nitrogen and oxygen atoms in total. The maximum atomic E-state index is 12.8. The number of aliphatic carboxylic acids is 1. The number of rotatable bonds is 7. The van der Waals surface area contributed by atoms with Crippen LogP contribution in [0.25, 0.3) is 11.1 Å². The number of nitrogens with zero attached hydrogens (tertiary/aromatic N) is 2. The van der Waals surface area contributed by atoms with Gasteiger partial charge in [0.25, 0.3) is 0 Å². The number of alkyl halides is 3. The maximum absolute atomic E-state index is 12.8. The van der Waals surface area contributed by atoms with Gasteiger partial charge in [0.2, 0.25) is 0 Å². The van der Waals surface area contributed by atoms with Crippen LogP contribution in [-0.4, -0.2) is 34.1 Å². The van der Waals surface area contributed by atoms with Crippen LogP contribution < -0.4 is 4.74 Å². The van der Waals surface area contributed by atoms with E-state index in [0.717, 1.165) is 28.3 Å². The standard InChI is InChI=1S/C24H21F3N2O4S/c1-13-9-17(10-18-23(13)33-21(29-18)7-8-22(30)31)32-11-20-14(2)28-19(12-34-20)15-3-5-16(6-4-15)24(25,26)27/h3-6,9-10H,7-8,11-12H2,1-2H3,(H,30,31). The summed E-state index contributed by atoms with van der Waals surface area (Å²) in [5.41, 5.74) is 3.46. The summed E-state index contributed by atoms with van der Waals surface area (Å²) in [4.78, 5) is 20.6. The molecule has 2 heterocycles. The Hall–Kier alpha value is -3.27. The number of aromatic nitrogens is 1. The van der Waals surface area contributed by atoms with Gasteiger partial charge in [0.15, 0.2) is 11.5 Å². The van der Waals surface area contributed by atoms with Crippen molar-refractivity contribution in [3.63, 3.8) is 0 Å². The van der Waals surface area contributed by atoms with Gasteiger partial charge < -0.3 is 14.3 Å². The number of aryl methyl sites for hydroxylation is 2. The Kier molecular flexibility index (Phi) is 6.70. The molecule has 1 N–H and O–H groups in total. The minimum atomic E-state index is -4.37. The van der Waals surface area contributed by atoms with Crippen LogP contribution in [0.4, 0.5) is 13.2 Å². The maximum Gasteiger partial charge on any atom is 0.416 e. The molecule has 1 aliphatic rings. The first-order chi connectivity index (χ1) is 16.1. The van der Waals surface area contributed by atoms with E-state index in [1.165, 1.54) is 23.9 Å². The number of hydrogen-bond donors (Lipinski definition) is 1. The molecular formula is C24H21F3N2O4S. The van der Waals surface area contributed by atoms with Gasteiger partial charge in [0.05, 0.1) is 23.4 Å². The van der Waals surface area contributed by atoms with Crippen LogP contribution in [0.3, 0.4) is 0 Å². The van der Waals surface area contributed by atoms with Gasteiger partial charge in [-0.1, -0.05) is 12.1 Å². The molecule has 0 radical (unpaired) electrons. The molecule has 34 heavy (non-hydrogen) atoms. The SMILES string of the molecule is CC1=C(COc2cc(C)c3oc(CCC(=O)O)nc3c2)SCC(c2ccc(C(F)(F)F)cc2)=N1. The van der Waals surface area contributed by atoms with Crippen LogP contribution in [0.15, 0.2) is 56.4 Å². The van der Waals surface area contributed by atoms with Gasteiger partial charge in [0.1, 0.15) is 17.9 Å². The van der Waals surface area contributed by atoms with Crippen molar-refractivity contribution in [2.75, 3.05) is 12.4 Å². The molecular weight excluding hydrogens is 469 g/mol. The number of benzene rings is 2. The third-order valence-electron chi connectivity index (χ3n) is 5.25. The lowest BCUT2D eigenvalue weighted by Gasteiger charge is -2.18. The van der Waals surface area contributed by atoms with E-state index in [2.05, 4.69) is 9.98 Å². The molecule has 0 fully saturated rings. The molecule has 0 bridgehead atoms. The molecule has 10 heteroatoms. The molecule has 178 valence electrons. The summed E-state index contributed by atoms with van der Waals surface area (Å²) in [6.45, 7) is 3.99. The van der Waals surface area contributed by atoms with Crippen molar-refractivity contribution in [3.05, 3.63) is 69.6 Å². The van der Waals surface area contributed by atoms with Crippen LogP contribution in [-0.2, 0) is 17.4 Å². The molecule has 3 aromatic rings. The molecule has 0 atom stereocenters. The number of carboxylic acid groups (broad SMARTS) is 1. The number of aliphatic imine (C=N–C) groups is 1. The van der Waals surface area contributed by atoms with E-state index in [0.29, 0.717) is 39.8 Å². The van der Waals surface area contributed by atoms with Crippen LogP contribution in [0.1, 0.15) is 35.9 Å². The quantitative estimate of drug-likeness (QED) is 0.436. The number of oxazole rings is 1. The Morgan fingerprint density at radius 1 is 1.21 bits per heavy atom. The van der Waals surface area contributed by atoms with E-state index in [1.807, 2.05) is 19.9 Å². The van der Waals surface area contributed by atoms with E-state index in [-0.39, 0.29) is 19.4 Å². The van der Waals surface area contributed by atoms with Gasteiger partial charge in [-0.15, -0.1) is 11.8 Å². The third kappa shape index (κ3) is 5.44. The largest absolute Gasteiger partial charge is 0.488 e. The monoisotopic (exact) mass is 490 g/mol. The second-order valence-corrected chi connectivity index (χ2v) is 8.88. The summed E-state index contributed by atoms with van der Waals surface area (Å²) in [6, 6.07) is 8.59. The van der Waals surface area contributed by atoms with Crippen LogP contribution in [0, 0.1) is 6.92 Å². The Labute approximate surface area is 197 Å². The van der Waals surface area contributed by atoms with Crippen LogP contribution in [0.2, 0.25) is 0 Å². The Morgan fingerprint density at radius 3 is 2.59 bits per heavy atom. The minimum absolute atomic E-state index is 0.0607. The number of fused-ring (bicyclic) bond motifs is 1. The predicted molar refractivity (Wildman–Crippen MR) is 123 cm³/mol. The fourth-order valence-electron chi connectivity index (χ4n) is 3.47. The average Bonchev–Trinajstić information content (AvgIpc) is 3.20. The lowest BCUT2D eigenvalue weighted by atomic mass is 10.1. The highest BCUT2D eigenvalue weighted by Crippen LogP contribution is 2.32. The first kappa shape index (κ1) is 23.9. The second kappa shape index (κ2) is 9.54. The molecule has 0 unspecified atom stereocenters. The van der Waals surface area contributed by atoms with Crippen LogP contribution in [0.5, 0.6) is 5.75 Å². The Balaban J connectivity index is 1.46. The molecule has 0 saturated heterocycles. The molecule has 0 aliphatic carbocycles. The van der Waals surface area contributed by atoms with E-state index >= 15 is 0 Å². The topological polar surface area (TPSA) is 84.9 Å². The van der Waals surface area contributed by atoms with E-state index in [1.54, 1.807) is 6.07 Å². The molecule has 1 aromatic heterocycles. The van der Waals surface area contributed by atoms with Gasteiger partial charge >= 0.3 is 12.1 Å². The highest BCUT2D eigenvalue weighted by molar-refractivity contribution is 8.03. The first-order valence-electron chi connectivity index (χ1n) is 10.4. The Morgan fingerprint density at radius 2 is 1.94 bits per heavy atom. The van der Waals surface area contributed by atoms with Crippen molar-refractivity contribution in [1.82, 2.24) is 4.98 Å². The third-order valence-corrected chi connectivity index (χ3v) is 6.43. The first-order valence-corrected chi connectivity index (χ1v) is 11.4. The summed E-state index contributed by atoms with van der Waals surface area (Å²) < 4.78 is 50.0. The number of allylic oxidation sites excluding steroid dienone is 1. The normalized spacial score (nSPS) is 14.4. The summed E-state index contributed by atoms with van der Waals surface area (Å²) in [6.07, 6.45) is -4.22. The van der Waals surface area contributed by atoms with Crippen molar-refractivity contribution in [3.8, 4) is 5.75 Å². The summed E-state index contributed by atoms with van der Waals surface area (Å²) in [7, 11) is 0. The molecule has 4 rings (SSSR count). The highest BCUT2D eigenvalue weighted by Gasteiger charge is 2.30. The second-order valence-electron chi connectivity index (χ2n) is 7.81. The average molecular weight is 491 g/mol. The van der Waals surface area contributed by atoms with Crippen molar-refractivity contribution in [1.29, 1.82) is 0 Å². The van der Waals surface area contributed by atoms with Crippen molar-refractivity contribution in [2.24, 2.45) is 4.99 Å². The molecule has 2 aromatic carbocycles. The summed E-state index contributed by atoms with van der Waals surface area (Å²) in [5, 5.41) is 8.84. The predicted octanol–water partition coefficient (Wildman–Crippen LogP) is 6.02. The van der Waals surface area contributed by atoms with Gasteiger partial charge in [-0.25, -0.2) is 4.98 Å². The molecule has 0 spiro atoms. The zero-order valence-corrected chi connectivity index (χ0v) is 19.2. The number of thioether (sulfide) groups is 1. The van der Waals surface area contributed by atoms with E-state index in [4.69, 9.17) is 14.3 Å². The van der Waals surface area contributed by atoms with Gasteiger partial charge in [0, 0.05) is 23.1 Å². The van der Waals surface area contributed by atoms with Gasteiger partial charge in [-0.3, -0.25) is 9.79 Å². The van der Waals surface area contributed by atoms with Crippen molar-refractivity contribution < 1.29 is 32.2 Å². The molecule has 0 saturated carbocycles. The zero-order valence-electron chi connectivity index (χ0n) is 18.4. The fraction of sp³-hybridized carbons (Fsp3) is 0.292. The number of carboxylic acids is 1. The van der Waals surface area contributed by atoms with E-state index < -0.39 is 17.7 Å². The number of carbonyl (C=O) groups is 1. The number of halogens is 3. The molecule has 1 aliphatic heterocycles. The zero-order chi connectivity index (χ0) is 24.5. The Bertz CT molecular complexity index is 1290. The number of hydrogen-bond acceptors (Lipinski definition) is 6. The smallest absolute Gasteiger partial charge is 0.416 e. The minimum Gasteiger partial charge on any atom is -0.488 e. The van der Waals surface area contributed by atoms with Crippen molar-refractivity contribution >= 4 is 34.5 Å². The summed E-state index contributed by atoms with van der Waals surface area (Å²) >= 11 is 1.54. The van der Waals surface area contributed by atoms with Gasteiger partial charge in [-0.2, -0.15) is 13.2 Å². The lowest BCUT2D eigenvalue weighted by Crippen LogP contribution is -2.13. The molecule has 0 amide bonds. The highest BCUT2D eigenvalue weighted by atomic mass is 32.2.